The highest BCUT2D eigenvalue weighted by Crippen LogP contribution is 2.15. The standard InChI is InChI=1S/C14H22N4O5.C5H10N2O3/c1-3-23-8-10(18-6-13(21)16-14(22)7-18)9(2)17-4-11(19)15-12(20)5-17;1-4(6-8)5(7-9)3-10-2/h9-10H,3-8H2,1-2H3,(H,15,19,20)(H,16,21,22);8-9H,3H2,1-2H3/b;6-4-,7-5-. The lowest BCUT2D eigenvalue weighted by atomic mass is 10.0. The van der Waals surface area contributed by atoms with E-state index in [0.717, 1.165) is 0 Å². The third kappa shape index (κ3) is 9.21. The molecule has 4 N–H and O–H groups in total. The molecule has 2 fully saturated rings. The van der Waals surface area contributed by atoms with Gasteiger partial charge in [0.2, 0.25) is 23.6 Å². The van der Waals surface area contributed by atoms with Gasteiger partial charge in [0.25, 0.3) is 0 Å². The van der Waals surface area contributed by atoms with E-state index in [1.807, 2.05) is 13.8 Å². The van der Waals surface area contributed by atoms with E-state index < -0.39 is 0 Å². The molecule has 0 bridgehead atoms. The lowest BCUT2D eigenvalue weighted by Gasteiger charge is -2.41. The lowest BCUT2D eigenvalue weighted by Crippen LogP contribution is -2.63. The number of hydrogen-bond acceptors (Lipinski definition) is 12. The van der Waals surface area contributed by atoms with Crippen molar-refractivity contribution in [3.63, 3.8) is 0 Å². The third-order valence-corrected chi connectivity index (χ3v) is 5.01. The Bertz CT molecular complexity index is 739. The minimum Gasteiger partial charge on any atom is -0.411 e. The second kappa shape index (κ2) is 14.3. The molecule has 14 heteroatoms. The molecule has 2 atom stereocenters. The SMILES string of the molecule is CCOCC(C(C)N1CC(=O)NC(=O)C1)N1CC(=O)NC(=O)C1.COCC(=N/O)/C(C)=N\O. The Kier molecular flexibility index (Phi) is 12.1. The number of methoxy groups -OCH3 is 1. The van der Waals surface area contributed by atoms with Gasteiger partial charge in [0.1, 0.15) is 11.4 Å². The van der Waals surface area contributed by atoms with Crippen LogP contribution < -0.4 is 10.6 Å². The van der Waals surface area contributed by atoms with E-state index in [1.54, 1.807) is 9.80 Å². The van der Waals surface area contributed by atoms with Gasteiger partial charge in [0.15, 0.2) is 0 Å². The normalized spacial score (nSPS) is 20.5. The quantitative estimate of drug-likeness (QED) is 0.127. The molecule has 2 rings (SSSR count). The zero-order valence-corrected chi connectivity index (χ0v) is 19.2. The number of carbonyl (C=O) groups is 4. The van der Waals surface area contributed by atoms with Gasteiger partial charge >= 0.3 is 0 Å². The minimum absolute atomic E-state index is 0.0851. The summed E-state index contributed by atoms with van der Waals surface area (Å²) in [5.41, 5.74) is 0.453. The number of imide groups is 2. The molecule has 14 nitrogen and oxygen atoms in total. The summed E-state index contributed by atoms with van der Waals surface area (Å²) in [5, 5.41) is 26.7. The van der Waals surface area contributed by atoms with Crippen LogP contribution in [0.2, 0.25) is 0 Å². The number of piperazine rings is 2. The molecule has 2 heterocycles. The van der Waals surface area contributed by atoms with Crippen molar-refractivity contribution in [1.29, 1.82) is 0 Å². The van der Waals surface area contributed by atoms with Gasteiger partial charge in [0.05, 0.1) is 39.4 Å². The van der Waals surface area contributed by atoms with Gasteiger partial charge in [-0.15, -0.1) is 0 Å². The number of carbonyl (C=O) groups excluding carboxylic acids is 4. The van der Waals surface area contributed by atoms with Crippen molar-refractivity contribution in [1.82, 2.24) is 20.4 Å². The summed E-state index contributed by atoms with van der Waals surface area (Å²) in [6.07, 6.45) is 0. The smallest absolute Gasteiger partial charge is 0.240 e. The Balaban J connectivity index is 0.000000461. The second-order valence-corrected chi connectivity index (χ2v) is 7.39. The van der Waals surface area contributed by atoms with Gasteiger partial charge in [-0.05, 0) is 20.8 Å². The molecule has 2 unspecified atom stereocenters. The van der Waals surface area contributed by atoms with Gasteiger partial charge in [-0.2, -0.15) is 0 Å². The number of oxime groups is 2. The molecule has 2 aliphatic rings. The van der Waals surface area contributed by atoms with Gasteiger partial charge in [-0.1, -0.05) is 10.3 Å². The molecule has 0 radical (unpaired) electrons. The van der Waals surface area contributed by atoms with E-state index in [-0.39, 0.29) is 79.9 Å². The Morgan fingerprint density at radius 3 is 1.85 bits per heavy atom. The fourth-order valence-electron chi connectivity index (χ4n) is 3.27. The molecule has 2 aliphatic heterocycles. The van der Waals surface area contributed by atoms with Crippen LogP contribution in [0.15, 0.2) is 10.3 Å². The van der Waals surface area contributed by atoms with Crippen LogP contribution in [0.4, 0.5) is 0 Å². The molecule has 0 aromatic rings. The Morgan fingerprint density at radius 1 is 0.970 bits per heavy atom. The van der Waals surface area contributed by atoms with Crippen LogP contribution in [0.5, 0.6) is 0 Å². The Labute approximate surface area is 191 Å². The summed E-state index contributed by atoms with van der Waals surface area (Å²) in [6, 6.07) is -0.501. The monoisotopic (exact) mass is 472 g/mol. The maximum absolute atomic E-state index is 11.6. The number of ether oxygens (including phenoxy) is 2. The zero-order chi connectivity index (χ0) is 25.0. The number of amides is 4. The molecule has 186 valence electrons. The summed E-state index contributed by atoms with van der Waals surface area (Å²) < 4.78 is 10.1. The summed E-state index contributed by atoms with van der Waals surface area (Å²) in [6.45, 7) is 6.54. The van der Waals surface area contributed by atoms with Crippen LogP contribution in [-0.2, 0) is 28.7 Å². The van der Waals surface area contributed by atoms with Crippen LogP contribution in [0.1, 0.15) is 20.8 Å². The van der Waals surface area contributed by atoms with Gasteiger partial charge in [-0.3, -0.25) is 39.6 Å². The highest BCUT2D eigenvalue weighted by atomic mass is 16.5. The van der Waals surface area contributed by atoms with Gasteiger partial charge < -0.3 is 19.9 Å². The fourth-order valence-corrected chi connectivity index (χ4v) is 3.27. The largest absolute Gasteiger partial charge is 0.411 e. The van der Waals surface area contributed by atoms with Gasteiger partial charge in [0, 0.05) is 25.8 Å². The maximum Gasteiger partial charge on any atom is 0.240 e. The van der Waals surface area contributed by atoms with Crippen molar-refractivity contribution >= 4 is 35.1 Å². The summed E-state index contributed by atoms with van der Waals surface area (Å²) >= 11 is 0. The predicted molar refractivity (Wildman–Crippen MR) is 115 cm³/mol. The van der Waals surface area contributed by atoms with Crippen LogP contribution in [0.3, 0.4) is 0 Å². The third-order valence-electron chi connectivity index (χ3n) is 5.01. The van der Waals surface area contributed by atoms with Crippen LogP contribution >= 0.6 is 0 Å². The van der Waals surface area contributed by atoms with Crippen molar-refractivity contribution in [2.24, 2.45) is 10.3 Å². The number of rotatable bonds is 9. The summed E-state index contributed by atoms with van der Waals surface area (Å²) in [4.78, 5) is 49.8. The molecular weight excluding hydrogens is 440 g/mol. The van der Waals surface area contributed by atoms with Crippen LogP contribution in [0, 0.1) is 0 Å². The molecular formula is C19H32N6O8. The first-order valence-corrected chi connectivity index (χ1v) is 10.3. The van der Waals surface area contributed by atoms with E-state index in [2.05, 4.69) is 25.7 Å². The van der Waals surface area contributed by atoms with E-state index in [9.17, 15) is 19.2 Å². The summed E-state index contributed by atoms with van der Waals surface area (Å²) in [5.74, 6) is -1.42. The molecule has 0 spiro atoms. The van der Waals surface area contributed by atoms with E-state index in [0.29, 0.717) is 13.2 Å². The number of nitrogens with zero attached hydrogens (tertiary/aromatic N) is 4. The molecule has 2 saturated heterocycles. The molecule has 0 aromatic heterocycles. The highest BCUT2D eigenvalue weighted by Gasteiger charge is 2.36. The predicted octanol–water partition coefficient (Wildman–Crippen LogP) is -1.99. The van der Waals surface area contributed by atoms with Crippen molar-refractivity contribution in [2.75, 3.05) is 53.1 Å². The first-order valence-electron chi connectivity index (χ1n) is 10.3. The van der Waals surface area contributed by atoms with E-state index in [1.165, 1.54) is 14.0 Å². The molecule has 33 heavy (non-hydrogen) atoms. The number of hydrogen-bond donors (Lipinski definition) is 4. The van der Waals surface area contributed by atoms with E-state index in [4.69, 9.17) is 15.2 Å². The number of nitrogens with one attached hydrogen (secondary N) is 2. The Morgan fingerprint density at radius 2 is 1.45 bits per heavy atom. The lowest BCUT2D eigenvalue weighted by molar-refractivity contribution is -0.142. The van der Waals surface area contributed by atoms with Crippen LogP contribution in [-0.4, -0.2) is 120 Å². The maximum atomic E-state index is 11.6. The van der Waals surface area contributed by atoms with Gasteiger partial charge in [-0.25, -0.2) is 0 Å². The van der Waals surface area contributed by atoms with Crippen molar-refractivity contribution in [2.45, 2.75) is 32.9 Å². The average molecular weight is 472 g/mol. The zero-order valence-electron chi connectivity index (χ0n) is 19.2. The Hall–Kier alpha value is -2.94. The average Bonchev–Trinajstić information content (AvgIpc) is 2.76. The van der Waals surface area contributed by atoms with Crippen LogP contribution in [0.25, 0.3) is 0 Å². The second-order valence-electron chi connectivity index (χ2n) is 7.39. The highest BCUT2D eigenvalue weighted by molar-refractivity contribution is 6.41. The van der Waals surface area contributed by atoms with Crippen molar-refractivity contribution in [3.05, 3.63) is 0 Å². The van der Waals surface area contributed by atoms with E-state index >= 15 is 0 Å². The topological polar surface area (TPSA) is 182 Å². The first kappa shape index (κ1) is 28.1. The molecule has 0 aromatic carbocycles. The van der Waals surface area contributed by atoms with Crippen molar-refractivity contribution in [3.8, 4) is 0 Å². The summed E-state index contributed by atoms with van der Waals surface area (Å²) in [7, 11) is 1.45. The minimum atomic E-state index is -0.359. The fraction of sp³-hybridized carbons (Fsp3) is 0.684. The molecule has 0 saturated carbocycles. The molecule has 4 amide bonds. The molecule has 0 aliphatic carbocycles. The first-order chi connectivity index (χ1) is 15.7. The van der Waals surface area contributed by atoms with Crippen molar-refractivity contribution < 1.29 is 39.1 Å².